The lowest BCUT2D eigenvalue weighted by Crippen LogP contribution is -2.31. The van der Waals surface area contributed by atoms with Crippen LogP contribution in [0.5, 0.6) is 0 Å². The predicted octanol–water partition coefficient (Wildman–Crippen LogP) is -0.764. The van der Waals surface area contributed by atoms with Gasteiger partial charge in [0.1, 0.15) is 0 Å². The summed E-state index contributed by atoms with van der Waals surface area (Å²) in [5.41, 5.74) is 5.29. The van der Waals surface area contributed by atoms with Crippen LogP contribution >= 0.6 is 0 Å². The van der Waals surface area contributed by atoms with E-state index < -0.39 is 9.84 Å². The smallest absolute Gasteiger partial charge is 0.173 e. The van der Waals surface area contributed by atoms with E-state index in [0.717, 1.165) is 13.0 Å². The quantitative estimate of drug-likeness (QED) is 0.571. The highest BCUT2D eigenvalue weighted by molar-refractivity contribution is 7.94. The molecule has 1 atom stereocenters. The highest BCUT2D eigenvalue weighted by Crippen LogP contribution is 2.07. The number of sulfone groups is 1. The maximum atomic E-state index is 10.9. The highest BCUT2D eigenvalue weighted by atomic mass is 32.2. The maximum Gasteiger partial charge on any atom is 0.173 e. The second kappa shape index (κ2) is 4.02. The molecule has 0 saturated heterocycles. The molecule has 70 valence electrons. The Balaban J connectivity index is 2.26. The van der Waals surface area contributed by atoms with E-state index in [2.05, 4.69) is 5.32 Å². The average Bonchev–Trinajstić information content (AvgIpc) is 2.31. The average molecular weight is 190 g/mol. The standard InChI is InChI=1S/C7H14N2O2S/c8-3-1-4-9-7-2-5-12(10,11)6-7/h2,5,7,9H,1,3-4,6,8H2. The molecule has 0 amide bonds. The molecule has 0 fully saturated rings. The van der Waals surface area contributed by atoms with Crippen LogP contribution in [-0.4, -0.2) is 33.3 Å². The summed E-state index contributed by atoms with van der Waals surface area (Å²) in [6.07, 6.45) is 2.57. The van der Waals surface area contributed by atoms with E-state index >= 15 is 0 Å². The molecule has 0 aliphatic carbocycles. The number of nitrogens with one attached hydrogen (secondary N) is 1. The van der Waals surface area contributed by atoms with Crippen LogP contribution in [0.15, 0.2) is 11.5 Å². The van der Waals surface area contributed by atoms with Crippen molar-refractivity contribution in [1.29, 1.82) is 0 Å². The van der Waals surface area contributed by atoms with E-state index in [4.69, 9.17) is 5.73 Å². The van der Waals surface area contributed by atoms with Crippen molar-refractivity contribution in [2.45, 2.75) is 12.5 Å². The van der Waals surface area contributed by atoms with Crippen LogP contribution in [-0.2, 0) is 9.84 Å². The van der Waals surface area contributed by atoms with Crippen molar-refractivity contribution in [3.8, 4) is 0 Å². The first kappa shape index (κ1) is 9.70. The van der Waals surface area contributed by atoms with Crippen LogP contribution in [0.2, 0.25) is 0 Å². The third-order valence-corrected chi connectivity index (χ3v) is 3.11. The Hall–Kier alpha value is -0.390. The Morgan fingerprint density at radius 1 is 1.58 bits per heavy atom. The Morgan fingerprint density at radius 3 is 2.83 bits per heavy atom. The summed E-state index contributed by atoms with van der Waals surface area (Å²) in [6.45, 7) is 1.41. The van der Waals surface area contributed by atoms with Crippen LogP contribution < -0.4 is 11.1 Å². The zero-order valence-electron chi connectivity index (χ0n) is 6.86. The molecule has 1 aliphatic rings. The van der Waals surface area contributed by atoms with Crippen molar-refractivity contribution in [3.63, 3.8) is 0 Å². The monoisotopic (exact) mass is 190 g/mol. The van der Waals surface area contributed by atoms with Crippen molar-refractivity contribution in [2.75, 3.05) is 18.8 Å². The summed E-state index contributed by atoms with van der Waals surface area (Å²) < 4.78 is 21.8. The summed E-state index contributed by atoms with van der Waals surface area (Å²) in [5, 5.41) is 4.36. The third kappa shape index (κ3) is 2.92. The predicted molar refractivity (Wildman–Crippen MR) is 48.4 cm³/mol. The van der Waals surface area contributed by atoms with Gasteiger partial charge in [0, 0.05) is 11.4 Å². The minimum atomic E-state index is -2.91. The third-order valence-electron chi connectivity index (χ3n) is 1.72. The number of rotatable bonds is 4. The Morgan fingerprint density at radius 2 is 2.33 bits per heavy atom. The number of hydrogen-bond acceptors (Lipinski definition) is 4. The molecule has 3 N–H and O–H groups in total. The Kier molecular flexibility index (Phi) is 3.25. The molecule has 4 nitrogen and oxygen atoms in total. The summed E-state index contributed by atoms with van der Waals surface area (Å²) in [7, 11) is -2.91. The first-order valence-electron chi connectivity index (χ1n) is 3.98. The second-order valence-electron chi connectivity index (χ2n) is 2.86. The van der Waals surface area contributed by atoms with Crippen LogP contribution in [0.1, 0.15) is 6.42 Å². The molecule has 12 heavy (non-hydrogen) atoms. The van der Waals surface area contributed by atoms with Crippen molar-refractivity contribution < 1.29 is 8.42 Å². The zero-order valence-corrected chi connectivity index (χ0v) is 7.68. The van der Waals surface area contributed by atoms with Gasteiger partial charge in [0.15, 0.2) is 9.84 Å². The minimum Gasteiger partial charge on any atom is -0.330 e. The van der Waals surface area contributed by atoms with Gasteiger partial charge in [-0.2, -0.15) is 0 Å². The first-order valence-corrected chi connectivity index (χ1v) is 5.70. The topological polar surface area (TPSA) is 72.2 Å². The fourth-order valence-electron chi connectivity index (χ4n) is 1.09. The van der Waals surface area contributed by atoms with Gasteiger partial charge >= 0.3 is 0 Å². The molecule has 5 heteroatoms. The van der Waals surface area contributed by atoms with Gasteiger partial charge in [-0.1, -0.05) is 6.08 Å². The maximum absolute atomic E-state index is 10.9. The van der Waals surface area contributed by atoms with Gasteiger partial charge in [-0.15, -0.1) is 0 Å². The molecule has 1 aliphatic heterocycles. The highest BCUT2D eigenvalue weighted by Gasteiger charge is 2.20. The Bertz CT molecular complexity index is 259. The molecule has 0 aromatic heterocycles. The van der Waals surface area contributed by atoms with Gasteiger partial charge < -0.3 is 11.1 Å². The molecule has 0 aromatic rings. The van der Waals surface area contributed by atoms with Crippen molar-refractivity contribution >= 4 is 9.84 Å². The molecule has 1 heterocycles. The zero-order chi connectivity index (χ0) is 9.03. The fraction of sp³-hybridized carbons (Fsp3) is 0.714. The van der Waals surface area contributed by atoms with Gasteiger partial charge in [-0.3, -0.25) is 0 Å². The Labute approximate surface area is 72.7 Å². The van der Waals surface area contributed by atoms with Gasteiger partial charge in [-0.25, -0.2) is 8.42 Å². The molecule has 0 aromatic carbocycles. The van der Waals surface area contributed by atoms with Crippen molar-refractivity contribution in [1.82, 2.24) is 5.32 Å². The van der Waals surface area contributed by atoms with E-state index in [0.29, 0.717) is 6.54 Å². The number of nitrogens with two attached hydrogens (primary N) is 1. The largest absolute Gasteiger partial charge is 0.330 e. The van der Waals surface area contributed by atoms with Crippen molar-refractivity contribution in [3.05, 3.63) is 11.5 Å². The molecule has 0 bridgehead atoms. The van der Waals surface area contributed by atoms with Gasteiger partial charge in [0.2, 0.25) is 0 Å². The van der Waals surface area contributed by atoms with E-state index in [1.165, 1.54) is 5.41 Å². The summed E-state index contributed by atoms with van der Waals surface area (Å²) in [4.78, 5) is 0. The van der Waals surface area contributed by atoms with Crippen molar-refractivity contribution in [2.24, 2.45) is 5.73 Å². The SMILES string of the molecule is NCCCNC1C=CS(=O)(=O)C1. The molecule has 1 unspecified atom stereocenters. The molecule has 0 spiro atoms. The lowest BCUT2D eigenvalue weighted by atomic mass is 10.3. The fourth-order valence-corrected chi connectivity index (χ4v) is 2.36. The van der Waals surface area contributed by atoms with Crippen LogP contribution in [0.3, 0.4) is 0 Å². The molecule has 1 rings (SSSR count). The van der Waals surface area contributed by atoms with Crippen LogP contribution in [0.4, 0.5) is 0 Å². The summed E-state index contributed by atoms with van der Waals surface area (Å²) in [5.74, 6) is 0.192. The molecule has 0 saturated carbocycles. The van der Waals surface area contributed by atoms with Gasteiger partial charge in [0.25, 0.3) is 0 Å². The molecular weight excluding hydrogens is 176 g/mol. The van der Waals surface area contributed by atoms with Crippen LogP contribution in [0, 0.1) is 0 Å². The van der Waals surface area contributed by atoms with E-state index in [1.807, 2.05) is 0 Å². The number of hydrogen-bond donors (Lipinski definition) is 2. The van der Waals surface area contributed by atoms with E-state index in [9.17, 15) is 8.42 Å². The van der Waals surface area contributed by atoms with Gasteiger partial charge in [0.05, 0.1) is 5.75 Å². The lowest BCUT2D eigenvalue weighted by Gasteiger charge is -2.07. The molecule has 0 radical (unpaired) electrons. The van der Waals surface area contributed by atoms with E-state index in [-0.39, 0.29) is 11.8 Å². The second-order valence-corrected chi connectivity index (χ2v) is 4.79. The lowest BCUT2D eigenvalue weighted by molar-refractivity contribution is 0.585. The van der Waals surface area contributed by atoms with Gasteiger partial charge in [-0.05, 0) is 19.5 Å². The summed E-state index contributed by atoms with van der Waals surface area (Å²) in [6, 6.07) is -0.0125. The first-order chi connectivity index (χ1) is 5.64. The normalized spacial score (nSPS) is 26.2. The summed E-state index contributed by atoms with van der Waals surface area (Å²) >= 11 is 0. The van der Waals surface area contributed by atoms with E-state index in [1.54, 1.807) is 6.08 Å². The minimum absolute atomic E-state index is 0.0125. The van der Waals surface area contributed by atoms with Crippen LogP contribution in [0.25, 0.3) is 0 Å². The molecular formula is C7H14N2O2S.